The maximum Gasteiger partial charge on any atom is 0.161 e. The van der Waals surface area contributed by atoms with Crippen molar-refractivity contribution in [2.75, 3.05) is 0 Å². The van der Waals surface area contributed by atoms with Gasteiger partial charge in [0.15, 0.2) is 11.6 Å². The smallest absolute Gasteiger partial charge is 0.161 e. The monoisotopic (exact) mass is 279 g/mol. The zero-order chi connectivity index (χ0) is 15.3. The largest absolute Gasteiger partial charge is 0.343 e. The first kappa shape index (κ1) is 13.6. The molecule has 3 aromatic rings. The molecular formula is C18H17NO2. The molecular weight excluding hydrogens is 262 g/mol. The molecule has 3 rings (SSSR count). The van der Waals surface area contributed by atoms with Crippen LogP contribution >= 0.6 is 0 Å². The number of fused-ring (bicyclic) bond motifs is 3. The van der Waals surface area contributed by atoms with Gasteiger partial charge >= 0.3 is 0 Å². The van der Waals surface area contributed by atoms with E-state index in [-0.39, 0.29) is 11.6 Å². The molecule has 21 heavy (non-hydrogen) atoms. The average molecular weight is 279 g/mol. The van der Waals surface area contributed by atoms with Gasteiger partial charge in [0.2, 0.25) is 0 Å². The predicted molar refractivity (Wildman–Crippen MR) is 85.2 cm³/mol. The molecule has 0 N–H and O–H groups in total. The molecule has 3 heteroatoms. The Morgan fingerprint density at radius 3 is 2.29 bits per heavy atom. The number of carbonyl (C=O) groups is 2. The summed E-state index contributed by atoms with van der Waals surface area (Å²) in [4.78, 5) is 23.8. The number of hydrogen-bond acceptors (Lipinski definition) is 2. The number of Topliss-reactive ketones (excluding diaryl/α,β-unsaturated/α-hetero) is 2. The van der Waals surface area contributed by atoms with Crippen molar-refractivity contribution >= 4 is 33.4 Å². The number of aromatic nitrogens is 1. The first-order valence-corrected chi connectivity index (χ1v) is 6.95. The van der Waals surface area contributed by atoms with Crippen LogP contribution in [0.1, 0.15) is 40.1 Å². The molecule has 1 heterocycles. The molecule has 0 aliphatic carbocycles. The van der Waals surface area contributed by atoms with Crippen molar-refractivity contribution in [2.24, 2.45) is 7.05 Å². The fourth-order valence-corrected chi connectivity index (χ4v) is 2.95. The van der Waals surface area contributed by atoms with Crippen LogP contribution in [0.5, 0.6) is 0 Å². The van der Waals surface area contributed by atoms with Gasteiger partial charge in [-0.25, -0.2) is 0 Å². The number of nitrogens with zero attached hydrogens (tertiary/aromatic N) is 1. The van der Waals surface area contributed by atoms with Gasteiger partial charge < -0.3 is 4.57 Å². The summed E-state index contributed by atoms with van der Waals surface area (Å²) in [5.74, 6) is -0.0465. The maximum absolute atomic E-state index is 12.0. The van der Waals surface area contributed by atoms with Gasteiger partial charge in [-0.05, 0) is 45.0 Å². The maximum atomic E-state index is 12.0. The van der Waals surface area contributed by atoms with E-state index in [0.29, 0.717) is 11.1 Å². The van der Waals surface area contributed by atoms with Gasteiger partial charge in [-0.1, -0.05) is 11.6 Å². The van der Waals surface area contributed by atoms with Crippen LogP contribution in [0.4, 0.5) is 0 Å². The Bertz CT molecular complexity index is 916. The number of rotatable bonds is 2. The quantitative estimate of drug-likeness (QED) is 0.664. The lowest BCUT2D eigenvalue weighted by molar-refractivity contribution is 0.101. The van der Waals surface area contributed by atoms with Crippen LogP contribution in [0.3, 0.4) is 0 Å². The minimum atomic E-state index is -0.0240. The fourth-order valence-electron chi connectivity index (χ4n) is 2.95. The predicted octanol–water partition coefficient (Wildman–Crippen LogP) is 4.05. The summed E-state index contributed by atoms with van der Waals surface area (Å²) in [6.45, 7) is 5.11. The normalized spacial score (nSPS) is 11.2. The van der Waals surface area contributed by atoms with Crippen molar-refractivity contribution in [2.45, 2.75) is 20.8 Å². The highest BCUT2D eigenvalue weighted by Crippen LogP contribution is 2.32. The zero-order valence-corrected chi connectivity index (χ0v) is 12.7. The Balaban J connectivity index is 2.59. The second-order valence-corrected chi connectivity index (χ2v) is 5.61. The van der Waals surface area contributed by atoms with Gasteiger partial charge in [0.05, 0.1) is 5.52 Å². The van der Waals surface area contributed by atoms with E-state index in [1.807, 2.05) is 24.6 Å². The number of aryl methyl sites for hydroxylation is 2. The molecule has 0 unspecified atom stereocenters. The summed E-state index contributed by atoms with van der Waals surface area (Å²) in [7, 11) is 1.96. The Labute approximate surface area is 123 Å². The lowest BCUT2D eigenvalue weighted by Gasteiger charge is -2.05. The Hall–Kier alpha value is -2.42. The standard InChI is InChI=1S/C18H17NO2/c1-10-5-6-17-15(7-10)16-9-13(11(2)20)8-14(12(3)21)18(16)19(17)4/h5-9H,1-4H3. The SMILES string of the molecule is CC(=O)c1cc(C(C)=O)c2c(c1)c1cc(C)ccc1n2C. The Morgan fingerprint density at radius 1 is 0.952 bits per heavy atom. The molecule has 0 saturated heterocycles. The van der Waals surface area contributed by atoms with Crippen LogP contribution in [0.15, 0.2) is 30.3 Å². The van der Waals surface area contributed by atoms with Crippen molar-refractivity contribution in [3.63, 3.8) is 0 Å². The van der Waals surface area contributed by atoms with Gasteiger partial charge in [0.1, 0.15) is 0 Å². The van der Waals surface area contributed by atoms with Crippen molar-refractivity contribution in [1.82, 2.24) is 4.57 Å². The van der Waals surface area contributed by atoms with Crippen molar-refractivity contribution in [3.8, 4) is 0 Å². The first-order valence-electron chi connectivity index (χ1n) is 6.95. The summed E-state index contributed by atoms with van der Waals surface area (Å²) < 4.78 is 2.03. The van der Waals surface area contributed by atoms with Gasteiger partial charge in [0, 0.05) is 34.5 Å². The van der Waals surface area contributed by atoms with Crippen LogP contribution in [-0.4, -0.2) is 16.1 Å². The summed E-state index contributed by atoms with van der Waals surface area (Å²) in [5.41, 5.74) is 4.32. The van der Waals surface area contributed by atoms with E-state index >= 15 is 0 Å². The number of benzene rings is 2. The van der Waals surface area contributed by atoms with E-state index < -0.39 is 0 Å². The molecule has 1 aromatic heterocycles. The highest BCUT2D eigenvalue weighted by atomic mass is 16.1. The van der Waals surface area contributed by atoms with Crippen LogP contribution in [0, 0.1) is 6.92 Å². The summed E-state index contributed by atoms with van der Waals surface area (Å²) in [5, 5.41) is 2.05. The van der Waals surface area contributed by atoms with Crippen LogP contribution in [0.2, 0.25) is 0 Å². The third-order valence-corrected chi connectivity index (χ3v) is 4.03. The molecule has 0 fully saturated rings. The zero-order valence-electron chi connectivity index (χ0n) is 12.7. The molecule has 0 amide bonds. The lowest BCUT2D eigenvalue weighted by Crippen LogP contribution is -2.01. The highest BCUT2D eigenvalue weighted by Gasteiger charge is 2.17. The van der Waals surface area contributed by atoms with Crippen molar-refractivity contribution < 1.29 is 9.59 Å². The van der Waals surface area contributed by atoms with E-state index in [0.717, 1.165) is 27.4 Å². The molecule has 0 atom stereocenters. The van der Waals surface area contributed by atoms with E-state index in [9.17, 15) is 9.59 Å². The molecule has 0 bridgehead atoms. The van der Waals surface area contributed by atoms with Gasteiger partial charge in [-0.15, -0.1) is 0 Å². The lowest BCUT2D eigenvalue weighted by atomic mass is 10.00. The topological polar surface area (TPSA) is 39.1 Å². The van der Waals surface area contributed by atoms with E-state index in [1.54, 1.807) is 13.0 Å². The average Bonchev–Trinajstić information content (AvgIpc) is 2.71. The van der Waals surface area contributed by atoms with Crippen molar-refractivity contribution in [1.29, 1.82) is 0 Å². The molecule has 0 aliphatic heterocycles. The number of ketones is 2. The Morgan fingerprint density at radius 2 is 1.67 bits per heavy atom. The molecule has 0 aliphatic rings. The minimum Gasteiger partial charge on any atom is -0.343 e. The number of hydrogen-bond donors (Lipinski definition) is 0. The molecule has 2 aromatic carbocycles. The summed E-state index contributed by atoms with van der Waals surface area (Å²) in [6, 6.07) is 9.82. The molecule has 3 nitrogen and oxygen atoms in total. The second kappa shape index (κ2) is 4.55. The third kappa shape index (κ3) is 1.97. The van der Waals surface area contributed by atoms with E-state index in [4.69, 9.17) is 0 Å². The third-order valence-electron chi connectivity index (χ3n) is 4.03. The molecule has 0 saturated carbocycles. The van der Waals surface area contributed by atoms with Crippen LogP contribution < -0.4 is 0 Å². The van der Waals surface area contributed by atoms with Gasteiger partial charge in [-0.3, -0.25) is 9.59 Å². The van der Waals surface area contributed by atoms with Crippen LogP contribution in [-0.2, 0) is 7.05 Å². The van der Waals surface area contributed by atoms with Crippen LogP contribution in [0.25, 0.3) is 21.8 Å². The molecule has 0 spiro atoms. The fraction of sp³-hybridized carbons (Fsp3) is 0.222. The van der Waals surface area contributed by atoms with Gasteiger partial charge in [0.25, 0.3) is 0 Å². The summed E-state index contributed by atoms with van der Waals surface area (Å²) >= 11 is 0. The molecule has 0 radical (unpaired) electrons. The first-order chi connectivity index (χ1) is 9.90. The van der Waals surface area contributed by atoms with E-state index in [1.165, 1.54) is 6.92 Å². The molecule has 106 valence electrons. The van der Waals surface area contributed by atoms with Crippen molar-refractivity contribution in [3.05, 3.63) is 47.0 Å². The highest BCUT2D eigenvalue weighted by molar-refractivity contribution is 6.18. The van der Waals surface area contributed by atoms with Gasteiger partial charge in [-0.2, -0.15) is 0 Å². The minimum absolute atomic E-state index is 0.0225. The Kier molecular flexibility index (Phi) is 2.94. The summed E-state index contributed by atoms with van der Waals surface area (Å²) in [6.07, 6.45) is 0. The van der Waals surface area contributed by atoms with E-state index in [2.05, 4.69) is 18.2 Å². The number of carbonyl (C=O) groups excluding carboxylic acids is 2. The second-order valence-electron chi connectivity index (χ2n) is 5.61.